The fourth-order valence-electron chi connectivity index (χ4n) is 1.93. The molecule has 0 spiro atoms. The highest BCUT2D eigenvalue weighted by atomic mass is 16.3. The van der Waals surface area contributed by atoms with E-state index >= 15 is 0 Å². The molecule has 0 aliphatic carbocycles. The Balaban J connectivity index is 1.95. The molecule has 4 nitrogen and oxygen atoms in total. The molecule has 3 aromatic rings. The number of imidazole rings is 1. The van der Waals surface area contributed by atoms with Gasteiger partial charge in [-0.15, -0.1) is 0 Å². The van der Waals surface area contributed by atoms with Crippen molar-refractivity contribution in [2.45, 2.75) is 6.92 Å². The van der Waals surface area contributed by atoms with E-state index in [0.29, 0.717) is 5.56 Å². The lowest BCUT2D eigenvalue weighted by Crippen LogP contribution is -1.83. The number of phenolic OH excluding ortho intramolecular Hbond substituents is 1. The zero-order chi connectivity index (χ0) is 13.2. The summed E-state index contributed by atoms with van der Waals surface area (Å²) in [6, 6.07) is 11.2. The summed E-state index contributed by atoms with van der Waals surface area (Å²) in [7, 11) is 0. The number of nitrogens with zero attached hydrogens (tertiary/aromatic N) is 2. The third-order valence-corrected chi connectivity index (χ3v) is 2.94. The molecule has 1 heterocycles. The van der Waals surface area contributed by atoms with Crippen LogP contribution in [0.15, 0.2) is 47.7 Å². The fourth-order valence-corrected chi connectivity index (χ4v) is 1.93. The van der Waals surface area contributed by atoms with Gasteiger partial charge in [0.2, 0.25) is 0 Å². The number of hydrogen-bond acceptors (Lipinski definition) is 3. The highest BCUT2D eigenvalue weighted by molar-refractivity contribution is 5.87. The SMILES string of the molecule is Cc1ccc(O)c(C=Nc2ccc3nc[nH]c3c2)c1. The average Bonchev–Trinajstić information content (AvgIpc) is 2.87. The lowest BCUT2D eigenvalue weighted by Gasteiger charge is -2.00. The van der Waals surface area contributed by atoms with Crippen LogP contribution in [0.25, 0.3) is 11.0 Å². The Bertz CT molecular complexity index is 759. The Hall–Kier alpha value is -2.62. The van der Waals surface area contributed by atoms with Crippen molar-refractivity contribution < 1.29 is 5.11 Å². The number of aromatic amines is 1. The van der Waals surface area contributed by atoms with Crippen molar-refractivity contribution in [2.75, 3.05) is 0 Å². The molecule has 1 aromatic heterocycles. The smallest absolute Gasteiger partial charge is 0.124 e. The van der Waals surface area contributed by atoms with Crippen LogP contribution in [0.3, 0.4) is 0 Å². The molecular formula is C15H13N3O. The molecule has 0 saturated heterocycles. The fraction of sp³-hybridized carbons (Fsp3) is 0.0667. The van der Waals surface area contributed by atoms with Crippen molar-refractivity contribution in [1.82, 2.24) is 9.97 Å². The Morgan fingerprint density at radius 2 is 2.11 bits per heavy atom. The van der Waals surface area contributed by atoms with Gasteiger partial charge in [-0.25, -0.2) is 4.98 Å². The van der Waals surface area contributed by atoms with Gasteiger partial charge in [-0.2, -0.15) is 0 Å². The van der Waals surface area contributed by atoms with E-state index in [9.17, 15) is 5.11 Å². The predicted octanol–water partition coefficient (Wildman–Crippen LogP) is 3.33. The second-order valence-electron chi connectivity index (χ2n) is 4.42. The van der Waals surface area contributed by atoms with E-state index in [2.05, 4.69) is 15.0 Å². The van der Waals surface area contributed by atoms with Gasteiger partial charge >= 0.3 is 0 Å². The summed E-state index contributed by atoms with van der Waals surface area (Å²) < 4.78 is 0. The monoisotopic (exact) mass is 251 g/mol. The van der Waals surface area contributed by atoms with Crippen molar-refractivity contribution >= 4 is 22.9 Å². The van der Waals surface area contributed by atoms with Crippen LogP contribution in [0.2, 0.25) is 0 Å². The van der Waals surface area contributed by atoms with Gasteiger partial charge in [0.05, 0.1) is 23.0 Å². The molecule has 0 aliphatic heterocycles. The van der Waals surface area contributed by atoms with E-state index in [0.717, 1.165) is 22.3 Å². The number of hydrogen-bond donors (Lipinski definition) is 2. The van der Waals surface area contributed by atoms with Gasteiger partial charge < -0.3 is 10.1 Å². The van der Waals surface area contributed by atoms with Crippen LogP contribution in [0.5, 0.6) is 5.75 Å². The number of H-pyrrole nitrogens is 1. The molecule has 3 rings (SSSR count). The highest BCUT2D eigenvalue weighted by Crippen LogP contribution is 2.20. The molecule has 0 bridgehead atoms. The van der Waals surface area contributed by atoms with Gasteiger partial charge in [0.1, 0.15) is 5.75 Å². The molecule has 2 aromatic carbocycles. The van der Waals surface area contributed by atoms with Gasteiger partial charge in [0.25, 0.3) is 0 Å². The minimum Gasteiger partial charge on any atom is -0.507 e. The number of rotatable bonds is 2. The third-order valence-electron chi connectivity index (χ3n) is 2.94. The predicted molar refractivity (Wildman–Crippen MR) is 76.2 cm³/mol. The molecule has 19 heavy (non-hydrogen) atoms. The largest absolute Gasteiger partial charge is 0.507 e. The number of nitrogens with one attached hydrogen (secondary N) is 1. The zero-order valence-corrected chi connectivity index (χ0v) is 10.5. The van der Waals surface area contributed by atoms with Gasteiger partial charge in [-0.3, -0.25) is 4.99 Å². The van der Waals surface area contributed by atoms with E-state index in [-0.39, 0.29) is 5.75 Å². The lowest BCUT2D eigenvalue weighted by atomic mass is 10.1. The quantitative estimate of drug-likeness (QED) is 0.686. The Kier molecular flexibility index (Phi) is 2.76. The number of aryl methyl sites for hydroxylation is 1. The normalized spacial score (nSPS) is 11.4. The minimum absolute atomic E-state index is 0.233. The van der Waals surface area contributed by atoms with E-state index in [1.54, 1.807) is 18.6 Å². The standard InChI is InChI=1S/C15H13N3O/c1-10-2-5-15(19)11(6-10)8-16-12-3-4-13-14(7-12)18-9-17-13/h2-9,19H,1H3,(H,17,18). The van der Waals surface area contributed by atoms with Gasteiger partial charge in [0, 0.05) is 11.8 Å². The summed E-state index contributed by atoms with van der Waals surface area (Å²) in [6.45, 7) is 1.98. The van der Waals surface area contributed by atoms with Crippen LogP contribution < -0.4 is 0 Å². The first-order chi connectivity index (χ1) is 9.22. The van der Waals surface area contributed by atoms with Crippen molar-refractivity contribution in [1.29, 1.82) is 0 Å². The number of phenols is 1. The Morgan fingerprint density at radius 3 is 3.00 bits per heavy atom. The van der Waals surface area contributed by atoms with E-state index in [1.807, 2.05) is 37.3 Å². The third kappa shape index (κ3) is 2.33. The number of fused-ring (bicyclic) bond motifs is 1. The maximum atomic E-state index is 9.74. The molecule has 0 fully saturated rings. The van der Waals surface area contributed by atoms with Gasteiger partial charge in [-0.05, 0) is 37.3 Å². The maximum Gasteiger partial charge on any atom is 0.124 e. The summed E-state index contributed by atoms with van der Waals surface area (Å²) in [5.74, 6) is 0.233. The molecule has 0 amide bonds. The molecular weight excluding hydrogens is 238 g/mol. The van der Waals surface area contributed by atoms with Crippen molar-refractivity contribution in [3.63, 3.8) is 0 Å². The zero-order valence-electron chi connectivity index (χ0n) is 10.5. The number of aromatic hydroxyl groups is 1. The van der Waals surface area contributed by atoms with Gasteiger partial charge in [-0.1, -0.05) is 11.6 Å². The van der Waals surface area contributed by atoms with Crippen molar-refractivity contribution in [3.8, 4) is 5.75 Å². The Labute approximate surface area is 110 Å². The van der Waals surface area contributed by atoms with Crippen LogP contribution in [-0.2, 0) is 0 Å². The molecule has 4 heteroatoms. The summed E-state index contributed by atoms with van der Waals surface area (Å²) in [5.41, 5.74) is 4.48. The first kappa shape index (κ1) is 11.5. The molecule has 2 N–H and O–H groups in total. The first-order valence-electron chi connectivity index (χ1n) is 5.99. The molecule has 0 aliphatic rings. The van der Waals surface area contributed by atoms with E-state index < -0.39 is 0 Å². The summed E-state index contributed by atoms with van der Waals surface area (Å²) in [4.78, 5) is 11.6. The minimum atomic E-state index is 0.233. The van der Waals surface area contributed by atoms with Crippen LogP contribution in [0.1, 0.15) is 11.1 Å². The van der Waals surface area contributed by atoms with Gasteiger partial charge in [0.15, 0.2) is 0 Å². The molecule has 0 saturated carbocycles. The van der Waals surface area contributed by atoms with Crippen LogP contribution in [0.4, 0.5) is 5.69 Å². The second-order valence-corrected chi connectivity index (χ2v) is 4.42. The molecule has 0 atom stereocenters. The van der Waals surface area contributed by atoms with E-state index in [1.165, 1.54) is 0 Å². The van der Waals surface area contributed by atoms with Crippen LogP contribution in [-0.4, -0.2) is 21.3 Å². The number of aliphatic imine (C=N–C) groups is 1. The highest BCUT2D eigenvalue weighted by Gasteiger charge is 1.99. The maximum absolute atomic E-state index is 9.74. The molecule has 0 radical (unpaired) electrons. The average molecular weight is 251 g/mol. The van der Waals surface area contributed by atoms with Crippen LogP contribution >= 0.6 is 0 Å². The Morgan fingerprint density at radius 1 is 1.21 bits per heavy atom. The summed E-state index contributed by atoms with van der Waals surface area (Å²) in [6.07, 6.45) is 3.32. The molecule has 94 valence electrons. The van der Waals surface area contributed by atoms with Crippen molar-refractivity contribution in [3.05, 3.63) is 53.9 Å². The second kappa shape index (κ2) is 4.57. The number of benzene rings is 2. The van der Waals surface area contributed by atoms with Crippen molar-refractivity contribution in [2.24, 2.45) is 4.99 Å². The first-order valence-corrected chi connectivity index (χ1v) is 5.99. The van der Waals surface area contributed by atoms with Crippen LogP contribution in [0, 0.1) is 6.92 Å². The summed E-state index contributed by atoms with van der Waals surface area (Å²) >= 11 is 0. The topological polar surface area (TPSA) is 61.3 Å². The lowest BCUT2D eigenvalue weighted by molar-refractivity contribution is 0.474. The molecule has 0 unspecified atom stereocenters. The summed E-state index contributed by atoms with van der Waals surface area (Å²) in [5, 5.41) is 9.74. The number of aromatic nitrogens is 2. The van der Waals surface area contributed by atoms with E-state index in [4.69, 9.17) is 0 Å².